The van der Waals surface area contributed by atoms with Crippen molar-refractivity contribution in [2.45, 2.75) is 6.54 Å². The van der Waals surface area contributed by atoms with Crippen molar-refractivity contribution in [2.24, 2.45) is 5.73 Å². The third-order valence-electron chi connectivity index (χ3n) is 2.56. The van der Waals surface area contributed by atoms with Crippen molar-refractivity contribution in [3.63, 3.8) is 0 Å². The molecular weight excluding hydrogens is 259 g/mol. The summed E-state index contributed by atoms with van der Waals surface area (Å²) >= 11 is 0. The van der Waals surface area contributed by atoms with Crippen molar-refractivity contribution >= 4 is 5.91 Å². The van der Waals surface area contributed by atoms with Gasteiger partial charge in [-0.1, -0.05) is 11.8 Å². The molecule has 0 bridgehead atoms. The number of aromatic amines is 1. The molecule has 1 amide bonds. The number of amides is 1. The van der Waals surface area contributed by atoms with Crippen molar-refractivity contribution in [1.29, 1.82) is 0 Å². The van der Waals surface area contributed by atoms with Gasteiger partial charge in [0.05, 0.1) is 18.3 Å². The lowest BCUT2D eigenvalue weighted by molar-refractivity contribution is 0.0950. The van der Waals surface area contributed by atoms with Crippen LogP contribution in [0.4, 0.5) is 4.39 Å². The zero-order valence-electron chi connectivity index (χ0n) is 10.6. The molecule has 4 N–H and O–H groups in total. The Morgan fingerprint density at radius 2 is 2.35 bits per heavy atom. The van der Waals surface area contributed by atoms with E-state index in [2.05, 4.69) is 27.4 Å². The normalized spacial score (nSPS) is 9.70. The minimum absolute atomic E-state index is 0.159. The number of nitrogens with two attached hydrogens (primary N) is 1. The highest BCUT2D eigenvalue weighted by Crippen LogP contribution is 2.09. The van der Waals surface area contributed by atoms with Crippen LogP contribution in [-0.4, -0.2) is 22.6 Å². The van der Waals surface area contributed by atoms with Crippen LogP contribution in [0.15, 0.2) is 30.6 Å². The van der Waals surface area contributed by atoms with E-state index in [1.165, 1.54) is 12.1 Å². The van der Waals surface area contributed by atoms with Crippen molar-refractivity contribution in [2.75, 3.05) is 6.54 Å². The fourth-order valence-electron chi connectivity index (χ4n) is 1.56. The molecule has 2 rings (SSSR count). The molecule has 20 heavy (non-hydrogen) atoms. The molecule has 102 valence electrons. The number of rotatable bonds is 3. The summed E-state index contributed by atoms with van der Waals surface area (Å²) in [5, 5.41) is 9.08. The van der Waals surface area contributed by atoms with Crippen molar-refractivity contribution in [3.05, 3.63) is 53.1 Å². The van der Waals surface area contributed by atoms with E-state index < -0.39 is 5.82 Å². The Hall–Kier alpha value is -2.65. The van der Waals surface area contributed by atoms with Crippen LogP contribution in [-0.2, 0) is 6.54 Å². The van der Waals surface area contributed by atoms with Gasteiger partial charge in [-0.3, -0.25) is 9.89 Å². The molecule has 0 radical (unpaired) electrons. The van der Waals surface area contributed by atoms with Gasteiger partial charge >= 0.3 is 0 Å². The van der Waals surface area contributed by atoms with Crippen LogP contribution < -0.4 is 11.1 Å². The molecule has 0 fully saturated rings. The van der Waals surface area contributed by atoms with Crippen LogP contribution >= 0.6 is 0 Å². The number of carbonyl (C=O) groups excluding carboxylic acids is 1. The van der Waals surface area contributed by atoms with E-state index in [0.29, 0.717) is 6.54 Å². The van der Waals surface area contributed by atoms with Gasteiger partial charge in [0.1, 0.15) is 5.82 Å². The Labute approximate surface area is 115 Å². The molecule has 0 unspecified atom stereocenters. The average molecular weight is 272 g/mol. The number of nitrogens with zero attached hydrogens (tertiary/aromatic N) is 1. The standard InChI is InChI=1S/C14H13FN4O/c15-13-6-12(4-3-11(13)2-1-5-16)14(20)17-7-10-8-18-19-9-10/h3-4,6,8-9H,5,7,16H2,(H,17,20)(H,18,19). The molecule has 6 heteroatoms. The summed E-state index contributed by atoms with van der Waals surface area (Å²) < 4.78 is 13.7. The minimum Gasteiger partial charge on any atom is -0.348 e. The monoisotopic (exact) mass is 272 g/mol. The molecule has 0 aliphatic rings. The van der Waals surface area contributed by atoms with Crippen LogP contribution in [0.1, 0.15) is 21.5 Å². The van der Waals surface area contributed by atoms with Crippen LogP contribution in [0.25, 0.3) is 0 Å². The third kappa shape index (κ3) is 3.43. The zero-order chi connectivity index (χ0) is 14.4. The second-order valence-corrected chi connectivity index (χ2v) is 3.99. The maximum absolute atomic E-state index is 13.7. The first-order valence-electron chi connectivity index (χ1n) is 5.95. The highest BCUT2D eigenvalue weighted by atomic mass is 19.1. The van der Waals surface area contributed by atoms with Gasteiger partial charge in [-0.15, -0.1) is 0 Å². The Kier molecular flexibility index (Phi) is 4.47. The molecular formula is C14H13FN4O. The van der Waals surface area contributed by atoms with Crippen LogP contribution in [0.3, 0.4) is 0 Å². The smallest absolute Gasteiger partial charge is 0.251 e. The van der Waals surface area contributed by atoms with E-state index >= 15 is 0 Å². The Balaban J connectivity index is 2.05. The average Bonchev–Trinajstić information content (AvgIpc) is 2.96. The van der Waals surface area contributed by atoms with Crippen molar-refractivity contribution in [3.8, 4) is 11.8 Å². The minimum atomic E-state index is -0.540. The lowest BCUT2D eigenvalue weighted by Crippen LogP contribution is -2.22. The summed E-state index contributed by atoms with van der Waals surface area (Å²) in [5.41, 5.74) is 6.52. The molecule has 0 spiro atoms. The largest absolute Gasteiger partial charge is 0.348 e. The molecule has 1 heterocycles. The fraction of sp³-hybridized carbons (Fsp3) is 0.143. The van der Waals surface area contributed by atoms with Crippen LogP contribution in [0, 0.1) is 17.7 Å². The number of hydrogen-bond donors (Lipinski definition) is 3. The second-order valence-electron chi connectivity index (χ2n) is 3.99. The Morgan fingerprint density at radius 3 is 3.00 bits per heavy atom. The lowest BCUT2D eigenvalue weighted by Gasteiger charge is -2.04. The van der Waals surface area contributed by atoms with E-state index in [-0.39, 0.29) is 23.6 Å². The van der Waals surface area contributed by atoms with E-state index in [4.69, 9.17) is 5.73 Å². The number of aromatic nitrogens is 2. The maximum atomic E-state index is 13.7. The highest BCUT2D eigenvalue weighted by molar-refractivity contribution is 5.94. The van der Waals surface area contributed by atoms with Gasteiger partial charge in [-0.05, 0) is 18.2 Å². The molecule has 0 aliphatic carbocycles. The molecule has 2 aromatic rings. The second kappa shape index (κ2) is 6.50. The first-order chi connectivity index (χ1) is 9.70. The number of halogens is 1. The summed E-state index contributed by atoms with van der Waals surface area (Å²) in [6.45, 7) is 0.484. The number of hydrogen-bond acceptors (Lipinski definition) is 3. The van der Waals surface area contributed by atoms with Crippen LogP contribution in [0.2, 0.25) is 0 Å². The van der Waals surface area contributed by atoms with Gasteiger partial charge in [0.15, 0.2) is 0 Å². The highest BCUT2D eigenvalue weighted by Gasteiger charge is 2.08. The number of carbonyl (C=O) groups is 1. The van der Waals surface area contributed by atoms with Crippen molar-refractivity contribution < 1.29 is 9.18 Å². The van der Waals surface area contributed by atoms with E-state index in [1.54, 1.807) is 12.4 Å². The van der Waals surface area contributed by atoms with Gasteiger partial charge < -0.3 is 11.1 Å². The molecule has 0 atom stereocenters. The summed E-state index contributed by atoms with van der Waals surface area (Å²) in [6.07, 6.45) is 3.28. The predicted octanol–water partition coefficient (Wildman–Crippen LogP) is 0.789. The van der Waals surface area contributed by atoms with E-state index in [0.717, 1.165) is 11.6 Å². The predicted molar refractivity (Wildman–Crippen MR) is 72.1 cm³/mol. The summed E-state index contributed by atoms with van der Waals surface area (Å²) in [7, 11) is 0. The summed E-state index contributed by atoms with van der Waals surface area (Å²) in [5.74, 6) is 4.27. The molecule has 0 aliphatic heterocycles. The van der Waals surface area contributed by atoms with Gasteiger partial charge in [0, 0.05) is 23.9 Å². The Bertz CT molecular complexity index is 656. The quantitative estimate of drug-likeness (QED) is 0.722. The SMILES string of the molecule is NCC#Cc1ccc(C(=O)NCc2cn[nH]c2)cc1F. The number of benzene rings is 1. The molecule has 0 saturated heterocycles. The first-order valence-corrected chi connectivity index (χ1v) is 5.95. The topological polar surface area (TPSA) is 83.8 Å². The zero-order valence-corrected chi connectivity index (χ0v) is 10.6. The van der Waals surface area contributed by atoms with Gasteiger partial charge in [-0.2, -0.15) is 5.10 Å². The van der Waals surface area contributed by atoms with Gasteiger partial charge in [-0.25, -0.2) is 4.39 Å². The molecule has 0 saturated carbocycles. The third-order valence-corrected chi connectivity index (χ3v) is 2.56. The van der Waals surface area contributed by atoms with Crippen LogP contribution in [0.5, 0.6) is 0 Å². The van der Waals surface area contributed by atoms with Gasteiger partial charge in [0.2, 0.25) is 0 Å². The Morgan fingerprint density at radius 1 is 1.50 bits per heavy atom. The molecule has 1 aromatic heterocycles. The number of H-pyrrole nitrogens is 1. The maximum Gasteiger partial charge on any atom is 0.251 e. The summed E-state index contributed by atoms with van der Waals surface area (Å²) in [4.78, 5) is 11.9. The summed E-state index contributed by atoms with van der Waals surface area (Å²) in [6, 6.07) is 4.14. The van der Waals surface area contributed by atoms with E-state index in [1.807, 2.05) is 0 Å². The van der Waals surface area contributed by atoms with E-state index in [9.17, 15) is 9.18 Å². The molecule has 1 aromatic carbocycles. The molecule has 5 nitrogen and oxygen atoms in total. The number of nitrogens with one attached hydrogen (secondary N) is 2. The lowest BCUT2D eigenvalue weighted by atomic mass is 10.1. The van der Waals surface area contributed by atoms with Gasteiger partial charge in [0.25, 0.3) is 5.91 Å². The first kappa shape index (κ1) is 13.8. The fourth-order valence-corrected chi connectivity index (χ4v) is 1.56. The van der Waals surface area contributed by atoms with Crippen molar-refractivity contribution in [1.82, 2.24) is 15.5 Å².